The predicted molar refractivity (Wildman–Crippen MR) is 60.3 cm³/mol. The average Bonchev–Trinajstić information content (AvgIpc) is 2.39. The van der Waals surface area contributed by atoms with E-state index >= 15 is 0 Å². The van der Waals surface area contributed by atoms with Gasteiger partial charge in [-0.05, 0) is 12.2 Å². The fraction of sp³-hybridized carbons (Fsp3) is 0.667. The fourth-order valence-electron chi connectivity index (χ4n) is 1.81. The van der Waals surface area contributed by atoms with Gasteiger partial charge in [0.2, 0.25) is 0 Å². The van der Waals surface area contributed by atoms with Crippen LogP contribution in [0, 0.1) is 0 Å². The zero-order valence-corrected chi connectivity index (χ0v) is 10.3. The standard InChI is InChI=1S/C12H18O5/c1-8(13)16-10-4-5-11(17-9(2)14)7-12(6-10)15-3/h4-5,10-12H,6-7H2,1-3H3/t10-,11-/m1/s1. The Labute approximate surface area is 101 Å². The summed E-state index contributed by atoms with van der Waals surface area (Å²) in [4.78, 5) is 21.8. The Morgan fingerprint density at radius 2 is 1.41 bits per heavy atom. The normalized spacial score (nSPS) is 25.1. The van der Waals surface area contributed by atoms with Crippen LogP contribution in [-0.4, -0.2) is 37.4 Å². The van der Waals surface area contributed by atoms with Crippen molar-refractivity contribution in [3.63, 3.8) is 0 Å². The van der Waals surface area contributed by atoms with Gasteiger partial charge in [0.15, 0.2) is 0 Å². The van der Waals surface area contributed by atoms with Crippen molar-refractivity contribution < 1.29 is 23.8 Å². The van der Waals surface area contributed by atoms with Crippen molar-refractivity contribution in [2.24, 2.45) is 0 Å². The van der Waals surface area contributed by atoms with Gasteiger partial charge in [-0.2, -0.15) is 0 Å². The van der Waals surface area contributed by atoms with Crippen molar-refractivity contribution in [3.8, 4) is 0 Å². The summed E-state index contributed by atoms with van der Waals surface area (Å²) in [7, 11) is 1.59. The Bertz CT molecular complexity index is 282. The molecule has 0 amide bonds. The molecule has 17 heavy (non-hydrogen) atoms. The minimum Gasteiger partial charge on any atom is -0.458 e. The van der Waals surface area contributed by atoms with E-state index < -0.39 is 0 Å². The summed E-state index contributed by atoms with van der Waals surface area (Å²) in [6.45, 7) is 2.73. The van der Waals surface area contributed by atoms with Gasteiger partial charge in [0.05, 0.1) is 6.10 Å². The molecule has 0 unspecified atom stereocenters. The monoisotopic (exact) mass is 242 g/mol. The lowest BCUT2D eigenvalue weighted by atomic mass is 10.1. The van der Waals surface area contributed by atoms with Crippen LogP contribution in [-0.2, 0) is 23.8 Å². The van der Waals surface area contributed by atoms with Crippen molar-refractivity contribution in [1.82, 2.24) is 0 Å². The van der Waals surface area contributed by atoms with Gasteiger partial charge in [-0.15, -0.1) is 0 Å². The molecule has 1 rings (SSSR count). The molecule has 0 fully saturated rings. The van der Waals surface area contributed by atoms with Crippen molar-refractivity contribution in [1.29, 1.82) is 0 Å². The van der Waals surface area contributed by atoms with Gasteiger partial charge in [-0.1, -0.05) is 0 Å². The topological polar surface area (TPSA) is 61.8 Å². The van der Waals surface area contributed by atoms with E-state index in [-0.39, 0.29) is 30.3 Å². The fourth-order valence-corrected chi connectivity index (χ4v) is 1.81. The lowest BCUT2D eigenvalue weighted by Gasteiger charge is -2.19. The Balaban J connectivity index is 2.66. The summed E-state index contributed by atoms with van der Waals surface area (Å²) in [5.74, 6) is -0.666. The molecule has 0 aliphatic heterocycles. The number of esters is 2. The summed E-state index contributed by atoms with van der Waals surface area (Å²) in [6.07, 6.45) is 3.89. The van der Waals surface area contributed by atoms with Gasteiger partial charge in [0, 0.05) is 33.8 Å². The number of hydrogen-bond donors (Lipinski definition) is 0. The molecule has 0 aromatic carbocycles. The molecular formula is C12H18O5. The number of carbonyl (C=O) groups excluding carboxylic acids is 2. The SMILES string of the molecule is COC1C[C@H](OC(C)=O)C=C[C@@H](OC(C)=O)C1. The van der Waals surface area contributed by atoms with Crippen molar-refractivity contribution in [2.45, 2.75) is 45.0 Å². The molecular weight excluding hydrogens is 224 g/mol. The number of rotatable bonds is 3. The maximum absolute atomic E-state index is 10.9. The molecule has 0 saturated carbocycles. The van der Waals surface area contributed by atoms with Crippen LogP contribution in [0.1, 0.15) is 26.7 Å². The van der Waals surface area contributed by atoms with E-state index in [1.54, 1.807) is 19.3 Å². The smallest absolute Gasteiger partial charge is 0.303 e. The van der Waals surface area contributed by atoms with Crippen LogP contribution in [0.3, 0.4) is 0 Å². The molecule has 96 valence electrons. The van der Waals surface area contributed by atoms with Crippen LogP contribution in [0.2, 0.25) is 0 Å². The third-order valence-electron chi connectivity index (χ3n) is 2.50. The minimum atomic E-state index is -0.333. The van der Waals surface area contributed by atoms with Gasteiger partial charge >= 0.3 is 11.9 Å². The molecule has 0 aromatic heterocycles. The molecule has 0 heterocycles. The quantitative estimate of drug-likeness (QED) is 0.550. The van der Waals surface area contributed by atoms with Gasteiger partial charge < -0.3 is 14.2 Å². The van der Waals surface area contributed by atoms with E-state index in [1.165, 1.54) is 13.8 Å². The van der Waals surface area contributed by atoms with E-state index in [1.807, 2.05) is 0 Å². The van der Waals surface area contributed by atoms with Crippen molar-refractivity contribution in [2.75, 3.05) is 7.11 Å². The second-order valence-electron chi connectivity index (χ2n) is 4.01. The Kier molecular flexibility index (Phi) is 5.15. The maximum atomic E-state index is 10.9. The lowest BCUT2D eigenvalue weighted by molar-refractivity contribution is -0.145. The first-order chi connectivity index (χ1) is 8.01. The highest BCUT2D eigenvalue weighted by atomic mass is 16.6. The van der Waals surface area contributed by atoms with E-state index in [0.717, 1.165) is 0 Å². The zero-order valence-electron chi connectivity index (χ0n) is 10.3. The Morgan fingerprint density at radius 3 is 1.71 bits per heavy atom. The van der Waals surface area contributed by atoms with Crippen LogP contribution < -0.4 is 0 Å². The first kappa shape index (κ1) is 13.7. The molecule has 2 atom stereocenters. The first-order valence-electron chi connectivity index (χ1n) is 5.56. The van der Waals surface area contributed by atoms with Gasteiger partial charge in [-0.3, -0.25) is 9.59 Å². The summed E-state index contributed by atoms with van der Waals surface area (Å²) in [5.41, 5.74) is 0. The summed E-state index contributed by atoms with van der Waals surface area (Å²) in [5, 5.41) is 0. The highest BCUT2D eigenvalue weighted by Crippen LogP contribution is 2.20. The van der Waals surface area contributed by atoms with Crippen LogP contribution in [0.4, 0.5) is 0 Å². The zero-order chi connectivity index (χ0) is 12.8. The lowest BCUT2D eigenvalue weighted by Crippen LogP contribution is -2.24. The van der Waals surface area contributed by atoms with Gasteiger partial charge in [0.1, 0.15) is 12.2 Å². The van der Waals surface area contributed by atoms with Crippen LogP contribution in [0.5, 0.6) is 0 Å². The predicted octanol–water partition coefficient (Wildman–Crippen LogP) is 1.21. The summed E-state index contributed by atoms with van der Waals surface area (Å²) >= 11 is 0. The van der Waals surface area contributed by atoms with Gasteiger partial charge in [0.25, 0.3) is 0 Å². The highest BCUT2D eigenvalue weighted by molar-refractivity contribution is 5.66. The molecule has 0 radical (unpaired) electrons. The Morgan fingerprint density at radius 1 is 1.00 bits per heavy atom. The average molecular weight is 242 g/mol. The third-order valence-corrected chi connectivity index (χ3v) is 2.50. The van der Waals surface area contributed by atoms with Crippen molar-refractivity contribution in [3.05, 3.63) is 12.2 Å². The molecule has 1 aliphatic carbocycles. The van der Waals surface area contributed by atoms with E-state index in [9.17, 15) is 9.59 Å². The van der Waals surface area contributed by atoms with E-state index in [0.29, 0.717) is 12.8 Å². The third kappa shape index (κ3) is 4.99. The number of ether oxygens (including phenoxy) is 3. The van der Waals surface area contributed by atoms with Crippen LogP contribution in [0.25, 0.3) is 0 Å². The second-order valence-corrected chi connectivity index (χ2v) is 4.01. The number of methoxy groups -OCH3 is 1. The maximum Gasteiger partial charge on any atom is 0.303 e. The summed E-state index contributed by atoms with van der Waals surface area (Å²) < 4.78 is 15.5. The molecule has 1 aliphatic rings. The number of carbonyl (C=O) groups is 2. The molecule has 0 saturated heterocycles. The molecule has 5 heteroatoms. The Hall–Kier alpha value is -1.36. The van der Waals surface area contributed by atoms with E-state index in [4.69, 9.17) is 14.2 Å². The molecule has 0 N–H and O–H groups in total. The molecule has 0 aromatic rings. The molecule has 5 nitrogen and oxygen atoms in total. The largest absolute Gasteiger partial charge is 0.458 e. The van der Waals surface area contributed by atoms with Crippen LogP contribution in [0.15, 0.2) is 12.2 Å². The summed E-state index contributed by atoms with van der Waals surface area (Å²) in [6, 6.07) is 0. The van der Waals surface area contributed by atoms with Crippen molar-refractivity contribution >= 4 is 11.9 Å². The number of hydrogen-bond acceptors (Lipinski definition) is 5. The molecule has 0 bridgehead atoms. The minimum absolute atomic E-state index is 0.0984. The van der Waals surface area contributed by atoms with Gasteiger partial charge in [-0.25, -0.2) is 0 Å². The second kappa shape index (κ2) is 6.39. The molecule has 0 spiro atoms. The highest BCUT2D eigenvalue weighted by Gasteiger charge is 2.24. The van der Waals surface area contributed by atoms with E-state index in [2.05, 4.69) is 0 Å². The first-order valence-corrected chi connectivity index (χ1v) is 5.56. The van der Waals surface area contributed by atoms with Crippen LogP contribution >= 0.6 is 0 Å².